The summed E-state index contributed by atoms with van der Waals surface area (Å²) in [5.41, 5.74) is 1.29. The molecule has 76 valence electrons. The van der Waals surface area contributed by atoms with Crippen LogP contribution in [-0.4, -0.2) is 23.6 Å². The van der Waals surface area contributed by atoms with E-state index in [9.17, 15) is 4.79 Å². The van der Waals surface area contributed by atoms with Crippen molar-refractivity contribution in [3.05, 3.63) is 18.2 Å². The van der Waals surface area contributed by atoms with Crippen LogP contribution in [0.1, 0.15) is 6.92 Å². The molecule has 0 radical (unpaired) electrons. The van der Waals surface area contributed by atoms with E-state index in [2.05, 4.69) is 10.5 Å². The smallest absolute Gasteiger partial charge is 0.304 e. The van der Waals surface area contributed by atoms with Gasteiger partial charge in [-0.3, -0.25) is 4.79 Å². The highest BCUT2D eigenvalue weighted by atomic mass is 16.5. The Morgan fingerprint density at radius 2 is 2.40 bits per heavy atom. The zero-order valence-corrected chi connectivity index (χ0v) is 8.15. The van der Waals surface area contributed by atoms with Gasteiger partial charge in [-0.1, -0.05) is 11.2 Å². The molecule has 5 nitrogen and oxygen atoms in total. The van der Waals surface area contributed by atoms with Crippen LogP contribution in [0.2, 0.25) is 0 Å². The first kappa shape index (κ1) is 9.73. The van der Waals surface area contributed by atoms with Crippen molar-refractivity contribution in [1.82, 2.24) is 5.16 Å². The molecule has 0 bridgehead atoms. The van der Waals surface area contributed by atoms with Crippen LogP contribution < -0.4 is 10.8 Å². The summed E-state index contributed by atoms with van der Waals surface area (Å²) in [5.74, 6) is 0.207. The summed E-state index contributed by atoms with van der Waals surface area (Å²) in [6.45, 7) is 1.41. The Balaban J connectivity index is 2.47. The number of aromatic nitrogens is 1. The molecule has 1 heterocycles. The van der Waals surface area contributed by atoms with Gasteiger partial charge in [0.25, 0.3) is 0 Å². The first-order chi connectivity index (χ1) is 7.20. The van der Waals surface area contributed by atoms with Gasteiger partial charge in [0, 0.05) is 6.92 Å². The van der Waals surface area contributed by atoms with Crippen LogP contribution in [-0.2, 0) is 4.79 Å². The molecule has 0 saturated heterocycles. The van der Waals surface area contributed by atoms with E-state index in [0.717, 1.165) is 10.8 Å². The lowest BCUT2D eigenvalue weighted by molar-refractivity contribution is -0.114. The lowest BCUT2D eigenvalue weighted by Gasteiger charge is -1.96. The summed E-state index contributed by atoms with van der Waals surface area (Å²) in [7, 11) is -0.0495. The summed E-state index contributed by atoms with van der Waals surface area (Å²) in [6.07, 6.45) is 0. The summed E-state index contributed by atoms with van der Waals surface area (Å²) in [4.78, 5) is 10.8. The predicted octanol–water partition coefficient (Wildman–Crippen LogP) is -0.245. The van der Waals surface area contributed by atoms with Crippen LogP contribution in [0.25, 0.3) is 11.0 Å². The van der Waals surface area contributed by atoms with Crippen molar-refractivity contribution in [3.8, 4) is 0 Å². The van der Waals surface area contributed by atoms with Gasteiger partial charge in [0.1, 0.15) is 0 Å². The number of nitrogens with one attached hydrogen (secondary N) is 1. The Bertz CT molecular complexity index is 509. The van der Waals surface area contributed by atoms with Crippen molar-refractivity contribution in [3.63, 3.8) is 0 Å². The number of hydrogen-bond donors (Lipinski definition) is 2. The van der Waals surface area contributed by atoms with Crippen molar-refractivity contribution >= 4 is 35.6 Å². The minimum atomic E-state index is -0.198. The lowest BCUT2D eigenvalue weighted by Crippen LogP contribution is -2.12. The fourth-order valence-electron chi connectivity index (χ4n) is 1.34. The van der Waals surface area contributed by atoms with Crippen molar-refractivity contribution in [2.75, 3.05) is 5.32 Å². The number of benzene rings is 1. The van der Waals surface area contributed by atoms with Crippen LogP contribution in [0, 0.1) is 0 Å². The van der Waals surface area contributed by atoms with E-state index in [-0.39, 0.29) is 13.4 Å². The van der Waals surface area contributed by atoms with Gasteiger partial charge in [0.2, 0.25) is 5.91 Å². The maximum absolute atomic E-state index is 10.8. The third kappa shape index (κ3) is 1.84. The summed E-state index contributed by atoms with van der Waals surface area (Å²) in [6, 6.07) is 5.20. The molecule has 0 aliphatic rings. The second kappa shape index (κ2) is 3.74. The number of rotatable bonds is 2. The van der Waals surface area contributed by atoms with Crippen LogP contribution >= 0.6 is 0 Å². The van der Waals surface area contributed by atoms with Crippen LogP contribution in [0.3, 0.4) is 0 Å². The quantitative estimate of drug-likeness (QED) is 0.661. The first-order valence-corrected chi connectivity index (χ1v) is 4.47. The number of carbonyl (C=O) groups excluding carboxylic acids is 1. The second-order valence-corrected chi connectivity index (χ2v) is 3.20. The predicted molar refractivity (Wildman–Crippen MR) is 57.3 cm³/mol. The molecule has 0 fully saturated rings. The third-order valence-corrected chi connectivity index (χ3v) is 2.01. The van der Waals surface area contributed by atoms with Gasteiger partial charge in [-0.25, -0.2) is 0 Å². The number of amides is 1. The fraction of sp³-hybridized carbons (Fsp3) is 0.111. The number of anilines is 1. The normalized spacial score (nSPS) is 10.3. The monoisotopic (exact) mass is 204 g/mol. The fourth-order valence-corrected chi connectivity index (χ4v) is 1.34. The highest BCUT2D eigenvalue weighted by Crippen LogP contribution is 2.20. The summed E-state index contributed by atoms with van der Waals surface area (Å²) >= 11 is 0. The highest BCUT2D eigenvalue weighted by Gasteiger charge is 2.09. The minimum absolute atomic E-state index is 0.0495. The molecule has 1 amide bonds. The Labute approximate surface area is 86.3 Å². The Morgan fingerprint density at radius 3 is 3.07 bits per heavy atom. The van der Waals surface area contributed by atoms with E-state index < -0.39 is 0 Å². The molecule has 1 aromatic carbocycles. The molecular formula is C9H9BN2O3. The second-order valence-electron chi connectivity index (χ2n) is 3.20. The molecule has 0 saturated carbocycles. The van der Waals surface area contributed by atoms with Gasteiger partial charge in [0.15, 0.2) is 11.4 Å². The molecule has 1 aromatic heterocycles. The average molecular weight is 204 g/mol. The van der Waals surface area contributed by atoms with E-state index in [1.165, 1.54) is 6.92 Å². The number of hydrogen-bond acceptors (Lipinski definition) is 4. The maximum atomic E-state index is 10.8. The van der Waals surface area contributed by atoms with Crippen LogP contribution in [0.15, 0.2) is 22.7 Å². The molecule has 2 rings (SSSR count). The molecular weight excluding hydrogens is 195 g/mol. The molecule has 2 N–H and O–H groups in total. The Hall–Kier alpha value is -1.82. The lowest BCUT2D eigenvalue weighted by atomic mass is 9.88. The number of carbonyl (C=O) groups is 1. The van der Waals surface area contributed by atoms with Crippen LogP contribution in [0.5, 0.6) is 0 Å². The van der Waals surface area contributed by atoms with Gasteiger partial charge < -0.3 is 14.9 Å². The molecule has 0 aliphatic carbocycles. The topological polar surface area (TPSA) is 75.4 Å². The maximum Gasteiger partial charge on any atom is 0.304 e. The Morgan fingerprint density at radius 1 is 1.60 bits per heavy atom. The number of fused-ring (bicyclic) bond motifs is 1. The zero-order valence-electron chi connectivity index (χ0n) is 8.15. The molecule has 6 heteroatoms. The van der Waals surface area contributed by atoms with Crippen molar-refractivity contribution in [2.45, 2.75) is 6.92 Å². The molecule has 0 aliphatic heterocycles. The highest BCUT2D eigenvalue weighted by molar-refractivity contribution is 6.45. The van der Waals surface area contributed by atoms with Gasteiger partial charge in [-0.15, -0.1) is 0 Å². The average Bonchev–Trinajstić information content (AvgIpc) is 2.60. The Kier molecular flexibility index (Phi) is 2.43. The standard InChI is InChI=1S/C9H9BN2O3/c1-5(13)11-9-7-3-2-6(10-14)4-8(7)15-12-9/h2-4,10,14H,1H3,(H,11,12,13). The molecule has 2 aromatic rings. The van der Waals surface area contributed by atoms with E-state index in [4.69, 9.17) is 9.55 Å². The number of nitrogens with zero attached hydrogens (tertiary/aromatic N) is 1. The summed E-state index contributed by atoms with van der Waals surface area (Å²) < 4.78 is 5.02. The molecule has 15 heavy (non-hydrogen) atoms. The SMILES string of the molecule is CC(=O)Nc1noc2cc(BO)ccc12. The van der Waals surface area contributed by atoms with Gasteiger partial charge in [-0.2, -0.15) is 0 Å². The summed E-state index contributed by atoms with van der Waals surface area (Å²) in [5, 5.41) is 15.9. The van der Waals surface area contributed by atoms with E-state index in [1.807, 2.05) is 0 Å². The largest absolute Gasteiger partial charge is 0.449 e. The van der Waals surface area contributed by atoms with E-state index in [1.54, 1.807) is 18.2 Å². The molecule has 0 unspecified atom stereocenters. The minimum Gasteiger partial charge on any atom is -0.449 e. The molecule has 0 spiro atoms. The van der Waals surface area contributed by atoms with E-state index >= 15 is 0 Å². The first-order valence-electron chi connectivity index (χ1n) is 4.47. The van der Waals surface area contributed by atoms with Gasteiger partial charge >= 0.3 is 7.48 Å². The van der Waals surface area contributed by atoms with Gasteiger partial charge in [-0.05, 0) is 17.6 Å². The van der Waals surface area contributed by atoms with Gasteiger partial charge in [0.05, 0.1) is 5.39 Å². The van der Waals surface area contributed by atoms with Crippen LogP contribution in [0.4, 0.5) is 5.82 Å². The van der Waals surface area contributed by atoms with Crippen molar-refractivity contribution in [1.29, 1.82) is 0 Å². The van der Waals surface area contributed by atoms with Crippen molar-refractivity contribution < 1.29 is 14.3 Å². The third-order valence-electron chi connectivity index (χ3n) is 2.01. The van der Waals surface area contributed by atoms with E-state index in [0.29, 0.717) is 11.4 Å². The zero-order chi connectivity index (χ0) is 10.8. The van der Waals surface area contributed by atoms with Crippen molar-refractivity contribution in [2.24, 2.45) is 0 Å². The molecule has 0 atom stereocenters.